The molecule has 1 aromatic carbocycles. The van der Waals surface area contributed by atoms with Gasteiger partial charge < -0.3 is 5.32 Å². The molecule has 0 bridgehead atoms. The second-order valence-electron chi connectivity index (χ2n) is 5.31. The highest BCUT2D eigenvalue weighted by atomic mass is 16.2. The number of hydrogen-bond acceptors (Lipinski definition) is 4. The van der Waals surface area contributed by atoms with Crippen LogP contribution in [0.5, 0.6) is 0 Å². The Hall–Kier alpha value is -2.21. The van der Waals surface area contributed by atoms with E-state index in [0.717, 1.165) is 6.42 Å². The van der Waals surface area contributed by atoms with Gasteiger partial charge >= 0.3 is 0 Å². The van der Waals surface area contributed by atoms with Crippen LogP contribution in [0.15, 0.2) is 30.3 Å². The third kappa shape index (κ3) is 2.67. The van der Waals surface area contributed by atoms with Gasteiger partial charge in [-0.05, 0) is 25.0 Å². The van der Waals surface area contributed by atoms with E-state index in [1.165, 1.54) is 4.90 Å². The topological polar surface area (TPSA) is 78.5 Å². The minimum Gasteiger partial charge on any atom is -0.355 e. The number of hydrogen-bond donors (Lipinski definition) is 2. The smallest absolute Gasteiger partial charge is 0.251 e. The van der Waals surface area contributed by atoms with Crippen molar-refractivity contribution >= 4 is 23.4 Å². The van der Waals surface area contributed by atoms with Crippen molar-refractivity contribution in [1.29, 1.82) is 0 Å². The zero-order valence-electron chi connectivity index (χ0n) is 11.5. The fraction of sp³-hybridized carbons (Fsp3) is 0.400. The first-order valence-corrected chi connectivity index (χ1v) is 7.12. The van der Waals surface area contributed by atoms with E-state index >= 15 is 0 Å². The summed E-state index contributed by atoms with van der Waals surface area (Å²) >= 11 is 0. The maximum Gasteiger partial charge on any atom is 0.251 e. The van der Waals surface area contributed by atoms with Gasteiger partial charge in [0.25, 0.3) is 5.91 Å². The molecular formula is C15H17N3O3. The first-order valence-electron chi connectivity index (χ1n) is 7.12. The van der Waals surface area contributed by atoms with Crippen LogP contribution in [0.25, 0.3) is 0 Å². The molecule has 0 aromatic heterocycles. The maximum atomic E-state index is 12.4. The average molecular weight is 287 g/mol. The first-order chi connectivity index (χ1) is 10.2. The number of carbonyl (C=O) groups is 3. The summed E-state index contributed by atoms with van der Waals surface area (Å²) in [6, 6.07) is 7.84. The number of benzene rings is 1. The van der Waals surface area contributed by atoms with Gasteiger partial charge in [0, 0.05) is 6.54 Å². The number of nitrogens with one attached hydrogen (secondary N) is 2. The van der Waals surface area contributed by atoms with Crippen LogP contribution in [0.4, 0.5) is 5.69 Å². The molecule has 3 rings (SSSR count). The summed E-state index contributed by atoms with van der Waals surface area (Å²) < 4.78 is 0. The molecule has 2 atom stereocenters. The van der Waals surface area contributed by atoms with Crippen LogP contribution in [0.3, 0.4) is 0 Å². The van der Waals surface area contributed by atoms with Crippen LogP contribution in [-0.2, 0) is 14.4 Å². The molecule has 0 spiro atoms. The van der Waals surface area contributed by atoms with Gasteiger partial charge in [0.1, 0.15) is 0 Å². The van der Waals surface area contributed by atoms with Crippen LogP contribution >= 0.6 is 0 Å². The van der Waals surface area contributed by atoms with Crippen LogP contribution in [0.1, 0.15) is 19.3 Å². The number of nitrogens with zero attached hydrogens (tertiary/aromatic N) is 1. The SMILES string of the molecule is O=C1NCCCC1NC1CC(=O)N(c2ccccc2)C1=O. The molecule has 2 saturated heterocycles. The molecule has 0 aliphatic carbocycles. The highest BCUT2D eigenvalue weighted by molar-refractivity contribution is 6.22. The number of carbonyl (C=O) groups excluding carboxylic acids is 3. The van der Waals surface area contributed by atoms with Crippen molar-refractivity contribution in [1.82, 2.24) is 10.6 Å². The zero-order valence-corrected chi connectivity index (χ0v) is 11.5. The van der Waals surface area contributed by atoms with E-state index in [1.54, 1.807) is 24.3 Å². The predicted molar refractivity (Wildman–Crippen MR) is 76.5 cm³/mol. The van der Waals surface area contributed by atoms with E-state index in [4.69, 9.17) is 0 Å². The lowest BCUT2D eigenvalue weighted by Gasteiger charge is -2.25. The van der Waals surface area contributed by atoms with Crippen LogP contribution in [0.2, 0.25) is 0 Å². The molecule has 2 fully saturated rings. The fourth-order valence-electron chi connectivity index (χ4n) is 2.78. The number of rotatable bonds is 3. The highest BCUT2D eigenvalue weighted by Gasteiger charge is 2.41. The third-order valence-corrected chi connectivity index (χ3v) is 3.85. The Morgan fingerprint density at radius 2 is 1.86 bits per heavy atom. The van der Waals surface area contributed by atoms with Crippen molar-refractivity contribution in [3.05, 3.63) is 30.3 Å². The molecule has 110 valence electrons. The maximum absolute atomic E-state index is 12.4. The number of imide groups is 1. The molecule has 0 radical (unpaired) electrons. The van der Waals surface area contributed by atoms with E-state index in [2.05, 4.69) is 10.6 Å². The fourth-order valence-corrected chi connectivity index (χ4v) is 2.78. The monoisotopic (exact) mass is 287 g/mol. The summed E-state index contributed by atoms with van der Waals surface area (Å²) in [4.78, 5) is 37.4. The molecule has 6 heteroatoms. The number of anilines is 1. The Kier molecular flexibility index (Phi) is 3.70. The molecule has 2 heterocycles. The predicted octanol–water partition coefficient (Wildman–Crippen LogP) is 0.187. The number of para-hydroxylation sites is 1. The Bertz CT molecular complexity index is 573. The molecule has 2 N–H and O–H groups in total. The lowest BCUT2D eigenvalue weighted by molar-refractivity contribution is -0.125. The molecular weight excluding hydrogens is 270 g/mol. The Morgan fingerprint density at radius 3 is 2.57 bits per heavy atom. The van der Waals surface area contributed by atoms with Crippen molar-refractivity contribution in [3.8, 4) is 0 Å². The lowest BCUT2D eigenvalue weighted by Crippen LogP contribution is -2.53. The zero-order chi connectivity index (χ0) is 14.8. The summed E-state index contributed by atoms with van der Waals surface area (Å²) in [5.41, 5.74) is 0.574. The highest BCUT2D eigenvalue weighted by Crippen LogP contribution is 2.23. The van der Waals surface area contributed by atoms with Gasteiger partial charge in [-0.2, -0.15) is 0 Å². The average Bonchev–Trinajstić information content (AvgIpc) is 2.77. The quantitative estimate of drug-likeness (QED) is 0.778. The van der Waals surface area contributed by atoms with Gasteiger partial charge in [0.2, 0.25) is 11.8 Å². The third-order valence-electron chi connectivity index (χ3n) is 3.85. The Morgan fingerprint density at radius 1 is 1.10 bits per heavy atom. The Labute approximate surface area is 122 Å². The summed E-state index contributed by atoms with van der Waals surface area (Å²) in [6.07, 6.45) is 1.66. The van der Waals surface area contributed by atoms with E-state index in [1.807, 2.05) is 6.07 Å². The van der Waals surface area contributed by atoms with Gasteiger partial charge in [-0.3, -0.25) is 19.7 Å². The van der Waals surface area contributed by atoms with Crippen molar-refractivity contribution < 1.29 is 14.4 Å². The standard InChI is InChI=1S/C15H17N3O3/c19-13-9-12(17-11-7-4-8-16-14(11)20)15(21)18(13)10-5-2-1-3-6-10/h1-3,5-6,11-12,17H,4,7-9H2,(H,16,20). The van der Waals surface area contributed by atoms with Crippen molar-refractivity contribution in [2.45, 2.75) is 31.3 Å². The van der Waals surface area contributed by atoms with E-state index in [0.29, 0.717) is 18.7 Å². The second kappa shape index (κ2) is 5.65. The second-order valence-corrected chi connectivity index (χ2v) is 5.31. The number of amides is 3. The van der Waals surface area contributed by atoms with Gasteiger partial charge in [-0.25, -0.2) is 4.90 Å². The molecule has 21 heavy (non-hydrogen) atoms. The lowest BCUT2D eigenvalue weighted by atomic mass is 10.1. The normalized spacial score (nSPS) is 26.1. The van der Waals surface area contributed by atoms with E-state index < -0.39 is 12.1 Å². The first kappa shape index (κ1) is 13.8. The van der Waals surface area contributed by atoms with Crippen molar-refractivity contribution in [2.75, 3.05) is 11.4 Å². The molecule has 0 saturated carbocycles. The summed E-state index contributed by atoms with van der Waals surface area (Å²) in [5, 5.41) is 5.79. The minimum atomic E-state index is -0.619. The number of piperidine rings is 1. The minimum absolute atomic E-state index is 0.0947. The van der Waals surface area contributed by atoms with Crippen LogP contribution < -0.4 is 15.5 Å². The molecule has 2 aliphatic rings. The molecule has 1 aromatic rings. The molecule has 2 unspecified atom stereocenters. The van der Waals surface area contributed by atoms with Crippen molar-refractivity contribution in [3.63, 3.8) is 0 Å². The van der Waals surface area contributed by atoms with Crippen molar-refractivity contribution in [2.24, 2.45) is 0 Å². The summed E-state index contributed by atoms with van der Waals surface area (Å²) in [6.45, 7) is 0.671. The van der Waals surface area contributed by atoms with Gasteiger partial charge in [0.05, 0.1) is 24.2 Å². The molecule has 2 aliphatic heterocycles. The van der Waals surface area contributed by atoms with E-state index in [9.17, 15) is 14.4 Å². The van der Waals surface area contributed by atoms with Gasteiger partial charge in [-0.15, -0.1) is 0 Å². The van der Waals surface area contributed by atoms with Crippen LogP contribution in [0, 0.1) is 0 Å². The molecule has 6 nitrogen and oxygen atoms in total. The Balaban J connectivity index is 1.73. The molecule has 3 amide bonds. The van der Waals surface area contributed by atoms with Gasteiger partial charge in [0.15, 0.2) is 0 Å². The summed E-state index contributed by atoms with van der Waals surface area (Å²) in [7, 11) is 0. The van der Waals surface area contributed by atoms with Crippen LogP contribution in [-0.4, -0.2) is 36.3 Å². The largest absolute Gasteiger partial charge is 0.355 e. The summed E-state index contributed by atoms with van der Waals surface area (Å²) in [5.74, 6) is -0.621. The van der Waals surface area contributed by atoms with E-state index in [-0.39, 0.29) is 24.1 Å². The van der Waals surface area contributed by atoms with Gasteiger partial charge in [-0.1, -0.05) is 18.2 Å².